The van der Waals surface area contributed by atoms with Gasteiger partial charge < -0.3 is 14.8 Å². The van der Waals surface area contributed by atoms with Gasteiger partial charge in [-0.25, -0.2) is 4.79 Å². The zero-order chi connectivity index (χ0) is 18.8. The van der Waals surface area contributed by atoms with E-state index in [1.54, 1.807) is 29.5 Å². The van der Waals surface area contributed by atoms with Gasteiger partial charge in [-0.05, 0) is 31.3 Å². The van der Waals surface area contributed by atoms with E-state index in [4.69, 9.17) is 0 Å². The van der Waals surface area contributed by atoms with Crippen molar-refractivity contribution in [1.82, 2.24) is 19.4 Å². The molecule has 7 nitrogen and oxygen atoms in total. The maximum atomic E-state index is 13.2. The Labute approximate surface area is 155 Å². The third kappa shape index (κ3) is 3.52. The smallest absolute Gasteiger partial charge is 0.330 e. The first-order chi connectivity index (χ1) is 12.4. The predicted molar refractivity (Wildman–Crippen MR) is 101 cm³/mol. The molecular formula is C18H24N4O3S. The lowest BCUT2D eigenvalue weighted by atomic mass is 10.1. The van der Waals surface area contributed by atoms with Crippen LogP contribution in [-0.2, 0) is 25.4 Å². The predicted octanol–water partition coefficient (Wildman–Crippen LogP) is 0.640. The summed E-state index contributed by atoms with van der Waals surface area (Å²) >= 11 is 1.56. The first-order valence-corrected chi connectivity index (χ1v) is 9.58. The van der Waals surface area contributed by atoms with E-state index < -0.39 is 0 Å². The van der Waals surface area contributed by atoms with E-state index in [2.05, 4.69) is 5.32 Å². The highest BCUT2D eigenvalue weighted by molar-refractivity contribution is 7.10. The molecule has 1 aliphatic rings. The SMILES string of the molecule is C[C@H](C(=O)N(Cc1cn(C)c(=O)n(C)c1=O)[C@@H]1CCNC1)c1cccs1. The molecule has 0 aliphatic carbocycles. The van der Waals surface area contributed by atoms with Crippen molar-refractivity contribution in [3.63, 3.8) is 0 Å². The van der Waals surface area contributed by atoms with Gasteiger partial charge in [0.15, 0.2) is 0 Å². The van der Waals surface area contributed by atoms with E-state index in [-0.39, 0.29) is 35.7 Å². The zero-order valence-electron chi connectivity index (χ0n) is 15.3. The summed E-state index contributed by atoms with van der Waals surface area (Å²) in [5.74, 6) is -0.246. The van der Waals surface area contributed by atoms with Crippen LogP contribution in [0.15, 0.2) is 33.3 Å². The largest absolute Gasteiger partial charge is 0.333 e. The summed E-state index contributed by atoms with van der Waals surface area (Å²) in [4.78, 5) is 40.4. The van der Waals surface area contributed by atoms with Crippen molar-refractivity contribution in [1.29, 1.82) is 0 Å². The minimum Gasteiger partial charge on any atom is -0.333 e. The van der Waals surface area contributed by atoms with Crippen molar-refractivity contribution in [2.24, 2.45) is 14.1 Å². The first-order valence-electron chi connectivity index (χ1n) is 8.70. The van der Waals surface area contributed by atoms with Crippen molar-refractivity contribution in [2.75, 3.05) is 13.1 Å². The number of nitrogens with zero attached hydrogens (tertiary/aromatic N) is 3. The van der Waals surface area contributed by atoms with Crippen LogP contribution in [-0.4, -0.2) is 39.1 Å². The maximum absolute atomic E-state index is 13.2. The molecule has 0 aromatic carbocycles. The summed E-state index contributed by atoms with van der Waals surface area (Å²) in [6.45, 7) is 3.69. The highest BCUT2D eigenvalue weighted by Gasteiger charge is 2.31. The normalized spacial score (nSPS) is 18.0. The molecule has 2 aromatic heterocycles. The summed E-state index contributed by atoms with van der Waals surface area (Å²) in [5.41, 5.74) is -0.264. The molecule has 1 amide bonds. The van der Waals surface area contributed by atoms with Crippen LogP contribution in [0, 0.1) is 0 Å². The molecule has 0 unspecified atom stereocenters. The van der Waals surface area contributed by atoms with Gasteiger partial charge in [0.05, 0.1) is 18.0 Å². The Bertz CT molecular complexity index is 894. The van der Waals surface area contributed by atoms with Gasteiger partial charge in [0, 0.05) is 37.8 Å². The van der Waals surface area contributed by atoms with E-state index in [0.717, 1.165) is 29.0 Å². The summed E-state index contributed by atoms with van der Waals surface area (Å²) < 4.78 is 2.47. The lowest BCUT2D eigenvalue weighted by molar-refractivity contribution is -0.135. The third-order valence-corrected chi connectivity index (χ3v) is 6.01. The van der Waals surface area contributed by atoms with Gasteiger partial charge in [-0.1, -0.05) is 6.07 Å². The summed E-state index contributed by atoms with van der Waals surface area (Å²) in [7, 11) is 3.08. The van der Waals surface area contributed by atoms with Crippen LogP contribution in [0.5, 0.6) is 0 Å². The monoisotopic (exact) mass is 376 g/mol. The van der Waals surface area contributed by atoms with E-state index in [0.29, 0.717) is 5.56 Å². The number of rotatable bonds is 5. The summed E-state index contributed by atoms with van der Waals surface area (Å²) in [5, 5.41) is 5.25. The van der Waals surface area contributed by atoms with Gasteiger partial charge in [-0.3, -0.25) is 14.2 Å². The zero-order valence-corrected chi connectivity index (χ0v) is 16.1. The van der Waals surface area contributed by atoms with Crippen molar-refractivity contribution >= 4 is 17.2 Å². The van der Waals surface area contributed by atoms with E-state index >= 15 is 0 Å². The molecule has 1 aliphatic heterocycles. The van der Waals surface area contributed by atoms with Crippen molar-refractivity contribution in [3.8, 4) is 0 Å². The molecule has 26 heavy (non-hydrogen) atoms. The molecule has 3 rings (SSSR count). The lowest BCUT2D eigenvalue weighted by Crippen LogP contribution is -2.46. The fraction of sp³-hybridized carbons (Fsp3) is 0.500. The average Bonchev–Trinajstić information content (AvgIpc) is 3.34. The van der Waals surface area contributed by atoms with Crippen molar-refractivity contribution < 1.29 is 4.79 Å². The number of thiophene rings is 1. The average molecular weight is 376 g/mol. The molecule has 1 N–H and O–H groups in total. The van der Waals surface area contributed by atoms with Gasteiger partial charge in [-0.2, -0.15) is 0 Å². The molecule has 3 heterocycles. The van der Waals surface area contributed by atoms with Gasteiger partial charge in [0.25, 0.3) is 5.56 Å². The molecule has 0 radical (unpaired) electrons. The van der Waals surface area contributed by atoms with E-state index in [9.17, 15) is 14.4 Å². The molecule has 140 valence electrons. The Morgan fingerprint density at radius 1 is 1.42 bits per heavy atom. The molecule has 0 bridgehead atoms. The summed E-state index contributed by atoms with van der Waals surface area (Å²) in [6, 6.07) is 3.95. The second-order valence-corrected chi connectivity index (χ2v) is 7.74. The molecule has 2 atom stereocenters. The quantitative estimate of drug-likeness (QED) is 0.831. The molecular weight excluding hydrogens is 352 g/mol. The molecule has 2 aromatic rings. The minimum atomic E-state index is -0.369. The number of hydrogen-bond donors (Lipinski definition) is 1. The second kappa shape index (κ2) is 7.59. The fourth-order valence-corrected chi connectivity index (χ4v) is 4.15. The number of carbonyl (C=O) groups is 1. The van der Waals surface area contributed by atoms with Crippen molar-refractivity contribution in [3.05, 3.63) is 55.0 Å². The Balaban J connectivity index is 1.94. The van der Waals surface area contributed by atoms with Crippen LogP contribution in [0.25, 0.3) is 0 Å². The lowest BCUT2D eigenvalue weighted by Gasteiger charge is -2.31. The number of nitrogens with one attached hydrogen (secondary N) is 1. The van der Waals surface area contributed by atoms with Crippen molar-refractivity contribution in [2.45, 2.75) is 31.8 Å². The minimum absolute atomic E-state index is 0.0112. The maximum Gasteiger partial charge on any atom is 0.330 e. The van der Waals surface area contributed by atoms with Crippen LogP contribution < -0.4 is 16.6 Å². The second-order valence-electron chi connectivity index (χ2n) is 6.76. The van der Waals surface area contributed by atoms with E-state index in [1.165, 1.54) is 11.6 Å². The van der Waals surface area contributed by atoms with Crippen LogP contribution in [0.1, 0.15) is 29.7 Å². The van der Waals surface area contributed by atoms with Gasteiger partial charge in [0.2, 0.25) is 5.91 Å². The highest BCUT2D eigenvalue weighted by Crippen LogP contribution is 2.25. The van der Waals surface area contributed by atoms with Gasteiger partial charge in [0.1, 0.15) is 0 Å². The number of aryl methyl sites for hydroxylation is 1. The number of carbonyl (C=O) groups excluding carboxylic acids is 1. The van der Waals surface area contributed by atoms with E-state index in [1.807, 2.05) is 24.4 Å². The van der Waals surface area contributed by atoms with Crippen LogP contribution >= 0.6 is 11.3 Å². The molecule has 8 heteroatoms. The van der Waals surface area contributed by atoms with Crippen LogP contribution in [0.4, 0.5) is 0 Å². The Morgan fingerprint density at radius 3 is 2.81 bits per heavy atom. The number of hydrogen-bond acceptors (Lipinski definition) is 5. The standard InChI is InChI=1S/C18H24N4O3S/c1-12(15-5-4-8-26-15)16(23)22(14-6-7-19-9-14)11-13-10-20(2)18(25)21(3)17(13)24/h4-5,8,10,12,14,19H,6-7,9,11H2,1-3H3/t12-,14+/m0/s1. The Morgan fingerprint density at radius 2 is 2.19 bits per heavy atom. The van der Waals surface area contributed by atoms with Crippen LogP contribution in [0.2, 0.25) is 0 Å². The van der Waals surface area contributed by atoms with Gasteiger partial charge >= 0.3 is 5.69 Å². The molecule has 0 spiro atoms. The van der Waals surface area contributed by atoms with Gasteiger partial charge in [-0.15, -0.1) is 11.3 Å². The molecule has 1 saturated heterocycles. The summed E-state index contributed by atoms with van der Waals surface area (Å²) in [6.07, 6.45) is 2.40. The Hall–Kier alpha value is -2.19. The first kappa shape index (κ1) is 18.6. The fourth-order valence-electron chi connectivity index (χ4n) is 3.38. The highest BCUT2D eigenvalue weighted by atomic mass is 32.1. The number of amides is 1. The topological polar surface area (TPSA) is 76.3 Å². The molecule has 1 fully saturated rings. The number of aromatic nitrogens is 2. The molecule has 0 saturated carbocycles. The Kier molecular flexibility index (Phi) is 5.43. The third-order valence-electron chi connectivity index (χ3n) is 4.96. The van der Waals surface area contributed by atoms with Crippen LogP contribution in [0.3, 0.4) is 0 Å².